The molecule has 1 saturated carbocycles. The van der Waals surface area contributed by atoms with Gasteiger partial charge in [-0.15, -0.1) is 6.58 Å². The van der Waals surface area contributed by atoms with Gasteiger partial charge >= 0.3 is 0 Å². The van der Waals surface area contributed by atoms with Gasteiger partial charge in [-0.25, -0.2) is 4.98 Å². The Morgan fingerprint density at radius 1 is 1.65 bits per heavy atom. The second kappa shape index (κ2) is 4.63. The first kappa shape index (κ1) is 12.7. The normalized spacial score (nSPS) is 14.4. The third-order valence-corrected chi connectivity index (χ3v) is 3.32. The summed E-state index contributed by atoms with van der Waals surface area (Å²) in [5.41, 5.74) is 0.212. The lowest BCUT2D eigenvalue weighted by Gasteiger charge is -2.03. The predicted molar refractivity (Wildman–Crippen MR) is 73.7 cm³/mol. The number of furan rings is 1. The Kier molecular flexibility index (Phi) is 2.93. The van der Waals surface area contributed by atoms with Crippen molar-refractivity contribution in [2.24, 2.45) is 0 Å². The molecule has 0 aromatic carbocycles. The van der Waals surface area contributed by atoms with Crippen LogP contribution in [0.2, 0.25) is 0 Å². The molecule has 104 valence electrons. The highest BCUT2D eigenvalue weighted by Gasteiger charge is 2.28. The monoisotopic (exact) mass is 273 g/mol. The molecule has 0 spiro atoms. The van der Waals surface area contributed by atoms with Gasteiger partial charge in [0, 0.05) is 12.6 Å². The smallest absolute Gasteiger partial charge is 0.265 e. The number of amides is 1. The molecular formula is C14H15N3O3. The van der Waals surface area contributed by atoms with Crippen LogP contribution in [0.15, 0.2) is 28.2 Å². The second-order valence-corrected chi connectivity index (χ2v) is 4.95. The molecule has 0 unspecified atom stereocenters. The lowest BCUT2D eigenvalue weighted by Crippen LogP contribution is -2.28. The van der Waals surface area contributed by atoms with Crippen molar-refractivity contribution in [1.82, 2.24) is 14.9 Å². The van der Waals surface area contributed by atoms with E-state index in [1.807, 2.05) is 0 Å². The molecule has 1 aliphatic carbocycles. The zero-order valence-electron chi connectivity index (χ0n) is 11.2. The van der Waals surface area contributed by atoms with E-state index in [1.54, 1.807) is 13.0 Å². The highest BCUT2D eigenvalue weighted by atomic mass is 16.3. The van der Waals surface area contributed by atoms with Gasteiger partial charge in [-0.1, -0.05) is 6.08 Å². The van der Waals surface area contributed by atoms with Crippen molar-refractivity contribution >= 4 is 17.0 Å². The van der Waals surface area contributed by atoms with Crippen LogP contribution in [0.5, 0.6) is 0 Å². The fraction of sp³-hybridized carbons (Fsp3) is 0.357. The van der Waals surface area contributed by atoms with Crippen LogP contribution < -0.4 is 10.9 Å². The van der Waals surface area contributed by atoms with E-state index < -0.39 is 0 Å². The summed E-state index contributed by atoms with van der Waals surface area (Å²) in [7, 11) is 0. The van der Waals surface area contributed by atoms with Gasteiger partial charge in [0.15, 0.2) is 0 Å². The third kappa shape index (κ3) is 2.03. The highest BCUT2D eigenvalue weighted by Crippen LogP contribution is 2.24. The molecule has 0 atom stereocenters. The van der Waals surface area contributed by atoms with Crippen LogP contribution >= 0.6 is 0 Å². The van der Waals surface area contributed by atoms with Crippen LogP contribution in [0.25, 0.3) is 11.1 Å². The van der Waals surface area contributed by atoms with Crippen LogP contribution in [0.3, 0.4) is 0 Å². The van der Waals surface area contributed by atoms with Gasteiger partial charge < -0.3 is 9.73 Å². The number of aryl methyl sites for hydroxylation is 1. The quantitative estimate of drug-likeness (QED) is 0.854. The van der Waals surface area contributed by atoms with Crippen molar-refractivity contribution in [2.75, 3.05) is 0 Å². The molecule has 6 nitrogen and oxygen atoms in total. The Bertz CT molecular complexity index is 753. The number of carbonyl (C=O) groups excluding carboxylic acids is 1. The van der Waals surface area contributed by atoms with Crippen molar-refractivity contribution in [3.63, 3.8) is 0 Å². The Labute approximate surface area is 115 Å². The summed E-state index contributed by atoms with van der Waals surface area (Å²) in [5, 5.41) is 3.11. The van der Waals surface area contributed by atoms with E-state index in [2.05, 4.69) is 16.9 Å². The minimum absolute atomic E-state index is 0.203. The van der Waals surface area contributed by atoms with Crippen LogP contribution in [0.4, 0.5) is 0 Å². The first-order chi connectivity index (χ1) is 9.61. The molecule has 1 fully saturated rings. The number of nitrogens with one attached hydrogen (secondary N) is 1. The first-order valence-corrected chi connectivity index (χ1v) is 6.52. The Balaban J connectivity index is 2.16. The van der Waals surface area contributed by atoms with Crippen molar-refractivity contribution < 1.29 is 9.21 Å². The predicted octanol–water partition coefficient (Wildman–Crippen LogP) is 1.38. The minimum atomic E-state index is -0.285. The zero-order valence-corrected chi connectivity index (χ0v) is 11.2. The number of nitrogens with zero attached hydrogens (tertiary/aromatic N) is 2. The van der Waals surface area contributed by atoms with Gasteiger partial charge in [-0.05, 0) is 19.8 Å². The number of rotatable bonds is 4. The second-order valence-electron chi connectivity index (χ2n) is 4.95. The highest BCUT2D eigenvalue weighted by molar-refractivity contribution is 6.06. The van der Waals surface area contributed by atoms with Gasteiger partial charge in [-0.2, -0.15) is 0 Å². The van der Waals surface area contributed by atoms with Gasteiger partial charge in [0.2, 0.25) is 5.71 Å². The Morgan fingerprint density at radius 3 is 3.05 bits per heavy atom. The molecule has 1 aliphatic rings. The fourth-order valence-corrected chi connectivity index (χ4v) is 2.17. The maximum atomic E-state index is 12.4. The van der Waals surface area contributed by atoms with E-state index in [9.17, 15) is 9.59 Å². The van der Waals surface area contributed by atoms with Crippen molar-refractivity contribution in [1.29, 1.82) is 0 Å². The molecule has 0 aliphatic heterocycles. The van der Waals surface area contributed by atoms with Gasteiger partial charge in [0.05, 0.1) is 5.56 Å². The van der Waals surface area contributed by atoms with E-state index in [-0.39, 0.29) is 28.6 Å². The number of aromatic nitrogens is 2. The van der Waals surface area contributed by atoms with Crippen LogP contribution in [0, 0.1) is 6.92 Å². The SMILES string of the molecule is C=CCn1cnc2oc(C)c(C(=O)NC3CC3)c2c1=O. The van der Waals surface area contributed by atoms with E-state index in [1.165, 1.54) is 10.9 Å². The molecular weight excluding hydrogens is 258 g/mol. The molecule has 6 heteroatoms. The van der Waals surface area contributed by atoms with E-state index in [0.29, 0.717) is 17.9 Å². The molecule has 3 rings (SSSR count). The summed E-state index contributed by atoms with van der Waals surface area (Å²) in [6, 6.07) is 0.221. The van der Waals surface area contributed by atoms with Gasteiger partial charge in [-0.3, -0.25) is 14.2 Å². The van der Waals surface area contributed by atoms with E-state index in [4.69, 9.17) is 4.42 Å². The van der Waals surface area contributed by atoms with Crippen molar-refractivity contribution in [3.05, 3.63) is 40.7 Å². The molecule has 2 aromatic rings. The van der Waals surface area contributed by atoms with Crippen LogP contribution in [-0.2, 0) is 6.54 Å². The van der Waals surface area contributed by atoms with E-state index >= 15 is 0 Å². The minimum Gasteiger partial charge on any atom is -0.442 e. The molecule has 2 aromatic heterocycles. The number of hydrogen-bond acceptors (Lipinski definition) is 4. The molecule has 2 heterocycles. The van der Waals surface area contributed by atoms with Crippen LogP contribution in [0.1, 0.15) is 29.0 Å². The number of allylic oxidation sites excluding steroid dienone is 1. The number of hydrogen-bond donors (Lipinski definition) is 1. The fourth-order valence-electron chi connectivity index (χ4n) is 2.17. The standard InChI is InChI=1S/C14H15N3O3/c1-3-6-17-7-15-13-11(14(17)19)10(8(2)20-13)12(18)16-9-4-5-9/h3,7,9H,1,4-6H2,2H3,(H,16,18). The third-order valence-electron chi connectivity index (χ3n) is 3.32. The zero-order chi connectivity index (χ0) is 14.3. The van der Waals surface area contributed by atoms with E-state index in [0.717, 1.165) is 12.8 Å². The molecule has 20 heavy (non-hydrogen) atoms. The lowest BCUT2D eigenvalue weighted by molar-refractivity contribution is 0.0951. The van der Waals surface area contributed by atoms with Crippen molar-refractivity contribution in [3.8, 4) is 0 Å². The summed E-state index contributed by atoms with van der Waals surface area (Å²) < 4.78 is 6.83. The first-order valence-electron chi connectivity index (χ1n) is 6.52. The number of carbonyl (C=O) groups is 1. The topological polar surface area (TPSA) is 77.1 Å². The summed E-state index contributed by atoms with van der Waals surface area (Å²) >= 11 is 0. The van der Waals surface area contributed by atoms with Gasteiger partial charge in [0.1, 0.15) is 17.5 Å². The maximum absolute atomic E-state index is 12.4. The summed E-state index contributed by atoms with van der Waals surface area (Å²) in [4.78, 5) is 28.7. The Hall–Kier alpha value is -2.37. The van der Waals surface area contributed by atoms with Crippen molar-refractivity contribution in [2.45, 2.75) is 32.4 Å². The molecule has 0 saturated heterocycles. The Morgan fingerprint density at radius 2 is 2.40 bits per heavy atom. The molecule has 0 bridgehead atoms. The molecule has 1 amide bonds. The summed E-state index contributed by atoms with van der Waals surface area (Å²) in [5.74, 6) is 0.151. The average molecular weight is 273 g/mol. The summed E-state index contributed by atoms with van der Waals surface area (Å²) in [6.45, 7) is 5.61. The maximum Gasteiger partial charge on any atom is 0.265 e. The average Bonchev–Trinajstić information content (AvgIpc) is 3.14. The van der Waals surface area contributed by atoms with Gasteiger partial charge in [0.25, 0.3) is 11.5 Å². The number of fused-ring (bicyclic) bond motifs is 1. The van der Waals surface area contributed by atoms with Crippen LogP contribution in [-0.4, -0.2) is 21.5 Å². The lowest BCUT2D eigenvalue weighted by atomic mass is 10.2. The summed E-state index contributed by atoms with van der Waals surface area (Å²) in [6.07, 6.45) is 4.97. The molecule has 1 N–H and O–H groups in total. The molecule has 0 radical (unpaired) electrons. The largest absolute Gasteiger partial charge is 0.442 e.